The van der Waals surface area contributed by atoms with Crippen LogP contribution in [-0.4, -0.2) is 37.0 Å². The van der Waals surface area contributed by atoms with Crippen molar-refractivity contribution in [1.82, 2.24) is 4.90 Å². The van der Waals surface area contributed by atoms with E-state index in [2.05, 4.69) is 20.8 Å². The fraction of sp³-hybridized carbons (Fsp3) is 0.278. The maximum absolute atomic E-state index is 12.6. The topological polar surface area (TPSA) is 23.6 Å². The van der Waals surface area contributed by atoms with Crippen molar-refractivity contribution in [1.29, 1.82) is 0 Å². The van der Waals surface area contributed by atoms with Crippen LogP contribution in [-0.2, 0) is 0 Å². The van der Waals surface area contributed by atoms with E-state index in [0.29, 0.717) is 13.1 Å². The highest BCUT2D eigenvalue weighted by Gasteiger charge is 2.24. The van der Waals surface area contributed by atoms with Gasteiger partial charge in [0.25, 0.3) is 5.91 Å². The van der Waals surface area contributed by atoms with Crippen LogP contribution in [0.3, 0.4) is 0 Å². The lowest BCUT2D eigenvalue weighted by Gasteiger charge is -2.37. The molecule has 0 N–H and O–H groups in total. The fourth-order valence-electron chi connectivity index (χ4n) is 2.80. The highest BCUT2D eigenvalue weighted by molar-refractivity contribution is 9.10. The van der Waals surface area contributed by atoms with Crippen LogP contribution in [0.2, 0.25) is 5.02 Å². The van der Waals surface area contributed by atoms with Gasteiger partial charge in [0.15, 0.2) is 0 Å². The fourth-order valence-corrected chi connectivity index (χ4v) is 3.83. The van der Waals surface area contributed by atoms with Crippen LogP contribution in [0.1, 0.15) is 15.9 Å². The van der Waals surface area contributed by atoms with Crippen molar-refractivity contribution in [3.05, 3.63) is 63.1 Å². The number of para-hydroxylation sites is 1. The van der Waals surface area contributed by atoms with Crippen LogP contribution < -0.4 is 4.90 Å². The van der Waals surface area contributed by atoms with E-state index in [1.807, 2.05) is 54.3 Å². The number of hydrogen-bond acceptors (Lipinski definition) is 2. The molecule has 0 atom stereocenters. The number of carbonyl (C=O) groups excluding carboxylic acids is 1. The first-order valence-corrected chi connectivity index (χ1v) is 8.78. The highest BCUT2D eigenvalue weighted by atomic mass is 79.9. The molecule has 0 radical (unpaired) electrons. The van der Waals surface area contributed by atoms with Crippen molar-refractivity contribution in [3.8, 4) is 0 Å². The molecule has 1 aliphatic rings. The summed E-state index contributed by atoms with van der Waals surface area (Å²) in [5.41, 5.74) is 2.93. The molecular weight excluding hydrogens is 376 g/mol. The number of rotatable bonds is 2. The Kier molecular flexibility index (Phi) is 4.93. The van der Waals surface area contributed by atoms with Crippen LogP contribution in [0, 0.1) is 6.92 Å². The lowest BCUT2D eigenvalue weighted by molar-refractivity contribution is 0.0747. The first-order valence-electron chi connectivity index (χ1n) is 7.61. The summed E-state index contributed by atoms with van der Waals surface area (Å²) < 4.78 is 0.989. The van der Waals surface area contributed by atoms with Gasteiger partial charge in [-0.15, -0.1) is 0 Å². The van der Waals surface area contributed by atoms with Crippen LogP contribution in [0.5, 0.6) is 0 Å². The van der Waals surface area contributed by atoms with Gasteiger partial charge in [0.2, 0.25) is 0 Å². The van der Waals surface area contributed by atoms with Gasteiger partial charge in [0.05, 0.1) is 10.7 Å². The Hall–Kier alpha value is -1.52. The van der Waals surface area contributed by atoms with Crippen molar-refractivity contribution < 1.29 is 4.79 Å². The van der Waals surface area contributed by atoms with Gasteiger partial charge >= 0.3 is 0 Å². The normalized spacial score (nSPS) is 14.9. The van der Waals surface area contributed by atoms with Gasteiger partial charge in [-0.25, -0.2) is 0 Å². The Balaban J connectivity index is 1.69. The number of piperazine rings is 1. The molecule has 120 valence electrons. The van der Waals surface area contributed by atoms with Crippen LogP contribution >= 0.6 is 27.5 Å². The Morgan fingerprint density at radius 1 is 1.04 bits per heavy atom. The number of hydrogen-bond donors (Lipinski definition) is 0. The Bertz CT molecular complexity index is 689. The molecule has 1 saturated heterocycles. The third-order valence-electron chi connectivity index (χ3n) is 4.12. The van der Waals surface area contributed by atoms with Crippen molar-refractivity contribution in [3.63, 3.8) is 0 Å². The van der Waals surface area contributed by atoms with Crippen LogP contribution in [0.25, 0.3) is 0 Å². The maximum atomic E-state index is 12.6. The summed E-state index contributed by atoms with van der Waals surface area (Å²) in [4.78, 5) is 16.7. The van der Waals surface area contributed by atoms with Crippen LogP contribution in [0.15, 0.2) is 46.9 Å². The van der Waals surface area contributed by atoms with E-state index >= 15 is 0 Å². The summed E-state index contributed by atoms with van der Waals surface area (Å²) >= 11 is 9.88. The average Bonchev–Trinajstić information content (AvgIpc) is 2.55. The molecule has 23 heavy (non-hydrogen) atoms. The molecule has 0 spiro atoms. The van der Waals surface area contributed by atoms with E-state index in [0.717, 1.165) is 39.4 Å². The zero-order chi connectivity index (χ0) is 16.4. The molecule has 2 aromatic carbocycles. The molecule has 0 aromatic heterocycles. The number of anilines is 1. The average molecular weight is 394 g/mol. The van der Waals surface area contributed by atoms with Crippen molar-refractivity contribution in [2.75, 3.05) is 31.1 Å². The molecule has 0 aliphatic carbocycles. The maximum Gasteiger partial charge on any atom is 0.253 e. The molecule has 3 nitrogen and oxygen atoms in total. The molecule has 0 bridgehead atoms. The van der Waals surface area contributed by atoms with E-state index in [9.17, 15) is 4.79 Å². The second-order valence-corrected chi connectivity index (χ2v) is 6.98. The monoisotopic (exact) mass is 392 g/mol. The third-order valence-corrected chi connectivity index (χ3v) is 5.06. The summed E-state index contributed by atoms with van der Waals surface area (Å²) in [6, 6.07) is 13.6. The van der Waals surface area contributed by atoms with Gasteiger partial charge in [-0.05, 0) is 47.1 Å². The second kappa shape index (κ2) is 6.93. The lowest BCUT2D eigenvalue weighted by atomic mass is 10.1. The van der Waals surface area contributed by atoms with Crippen molar-refractivity contribution in [2.45, 2.75) is 6.92 Å². The number of nitrogens with zero attached hydrogens (tertiary/aromatic N) is 2. The summed E-state index contributed by atoms with van der Waals surface area (Å²) in [5, 5.41) is 0.734. The number of halogens is 2. The van der Waals surface area contributed by atoms with E-state index in [1.54, 1.807) is 0 Å². The van der Waals surface area contributed by atoms with Crippen molar-refractivity contribution >= 4 is 39.1 Å². The predicted molar refractivity (Wildman–Crippen MR) is 98.4 cm³/mol. The first kappa shape index (κ1) is 16.3. The lowest BCUT2D eigenvalue weighted by Crippen LogP contribution is -2.49. The number of amides is 1. The molecule has 2 aromatic rings. The molecule has 3 rings (SSSR count). The Labute approximate surface area is 150 Å². The van der Waals surface area contributed by atoms with Crippen LogP contribution in [0.4, 0.5) is 5.69 Å². The van der Waals surface area contributed by atoms with Crippen molar-refractivity contribution in [2.24, 2.45) is 0 Å². The number of aryl methyl sites for hydroxylation is 1. The molecule has 1 aliphatic heterocycles. The SMILES string of the molecule is Cc1ccc(C(=O)N2CCN(c3c(Cl)cccc3Br)CC2)cc1. The number of carbonyl (C=O) groups is 1. The zero-order valence-corrected chi connectivity index (χ0v) is 15.3. The summed E-state index contributed by atoms with van der Waals surface area (Å²) in [7, 11) is 0. The minimum Gasteiger partial charge on any atom is -0.366 e. The van der Waals surface area contributed by atoms with Gasteiger partial charge in [-0.3, -0.25) is 4.79 Å². The largest absolute Gasteiger partial charge is 0.366 e. The second-order valence-electron chi connectivity index (χ2n) is 5.72. The smallest absolute Gasteiger partial charge is 0.253 e. The number of benzene rings is 2. The van der Waals surface area contributed by atoms with E-state index < -0.39 is 0 Å². The third kappa shape index (κ3) is 3.54. The van der Waals surface area contributed by atoms with E-state index in [-0.39, 0.29) is 5.91 Å². The standard InChI is InChI=1S/C18H18BrClN2O/c1-13-5-7-14(8-6-13)18(23)22-11-9-21(10-12-22)17-15(19)3-2-4-16(17)20/h2-8H,9-12H2,1H3. The van der Waals surface area contributed by atoms with Gasteiger partial charge in [0.1, 0.15) is 0 Å². The molecule has 5 heteroatoms. The molecular formula is C18H18BrClN2O. The van der Waals surface area contributed by atoms with E-state index in [4.69, 9.17) is 11.6 Å². The highest BCUT2D eigenvalue weighted by Crippen LogP contribution is 2.34. The molecule has 1 fully saturated rings. The Morgan fingerprint density at radius 2 is 1.70 bits per heavy atom. The van der Waals surface area contributed by atoms with Gasteiger partial charge in [-0.2, -0.15) is 0 Å². The minimum absolute atomic E-state index is 0.0999. The van der Waals surface area contributed by atoms with Gasteiger partial charge in [-0.1, -0.05) is 35.4 Å². The quantitative estimate of drug-likeness (QED) is 0.756. The Morgan fingerprint density at radius 3 is 2.30 bits per heavy atom. The summed E-state index contributed by atoms with van der Waals surface area (Å²) in [6.07, 6.45) is 0. The zero-order valence-electron chi connectivity index (χ0n) is 12.9. The molecule has 0 saturated carbocycles. The van der Waals surface area contributed by atoms with E-state index in [1.165, 1.54) is 0 Å². The first-order chi connectivity index (χ1) is 11.1. The van der Waals surface area contributed by atoms with Gasteiger partial charge < -0.3 is 9.80 Å². The summed E-state index contributed by atoms with van der Waals surface area (Å²) in [6.45, 7) is 4.98. The summed E-state index contributed by atoms with van der Waals surface area (Å²) in [5.74, 6) is 0.0999. The molecule has 1 heterocycles. The predicted octanol–water partition coefficient (Wildman–Crippen LogP) is 4.37. The molecule has 1 amide bonds. The van der Waals surface area contributed by atoms with Gasteiger partial charge in [0, 0.05) is 36.2 Å². The minimum atomic E-state index is 0.0999. The molecule has 0 unspecified atom stereocenters.